The van der Waals surface area contributed by atoms with Crippen LogP contribution in [0.1, 0.15) is 18.6 Å². The first-order chi connectivity index (χ1) is 7.77. The molecule has 0 bridgehead atoms. The van der Waals surface area contributed by atoms with Crippen LogP contribution in [0.15, 0.2) is 30.5 Å². The molecule has 0 fully saturated rings. The molecule has 1 heterocycles. The highest BCUT2D eigenvalue weighted by Crippen LogP contribution is 2.26. The van der Waals surface area contributed by atoms with Crippen LogP contribution in [0.3, 0.4) is 0 Å². The van der Waals surface area contributed by atoms with Gasteiger partial charge in [-0.2, -0.15) is 0 Å². The van der Waals surface area contributed by atoms with Crippen LogP contribution in [0, 0.1) is 0 Å². The van der Waals surface area contributed by atoms with E-state index in [1.54, 1.807) is 0 Å². The smallest absolute Gasteiger partial charge is 0.0934 e. The highest BCUT2D eigenvalue weighted by atomic mass is 16.3. The van der Waals surface area contributed by atoms with Crippen LogP contribution >= 0.6 is 0 Å². The van der Waals surface area contributed by atoms with Crippen molar-refractivity contribution in [2.24, 2.45) is 0 Å². The summed E-state index contributed by atoms with van der Waals surface area (Å²) in [4.78, 5) is 0. The number of aromatic nitrogens is 1. The molecule has 0 aliphatic rings. The summed E-state index contributed by atoms with van der Waals surface area (Å²) in [5.41, 5.74) is 2.20. The molecule has 0 amide bonds. The first kappa shape index (κ1) is 11.2. The predicted molar refractivity (Wildman–Crippen MR) is 66.5 cm³/mol. The molecule has 1 aromatic heterocycles. The first-order valence-corrected chi connectivity index (χ1v) is 5.68. The third kappa shape index (κ3) is 1.84. The Hall–Kier alpha value is -1.32. The summed E-state index contributed by atoms with van der Waals surface area (Å²) < 4.78 is 2.17. The average Bonchev–Trinajstić information content (AvgIpc) is 2.68. The average molecular weight is 218 g/mol. The Morgan fingerprint density at radius 1 is 1.38 bits per heavy atom. The topological polar surface area (TPSA) is 37.2 Å². The maximum absolute atomic E-state index is 10.1. The van der Waals surface area contributed by atoms with Gasteiger partial charge in [0.2, 0.25) is 0 Å². The Morgan fingerprint density at radius 3 is 2.81 bits per heavy atom. The van der Waals surface area contributed by atoms with Crippen LogP contribution in [0.5, 0.6) is 0 Å². The van der Waals surface area contributed by atoms with E-state index in [-0.39, 0.29) is 0 Å². The molecule has 0 spiro atoms. The molecule has 2 rings (SSSR count). The van der Waals surface area contributed by atoms with Gasteiger partial charge in [0.05, 0.1) is 6.10 Å². The summed E-state index contributed by atoms with van der Waals surface area (Å²) in [6, 6.07) is 8.20. The molecule has 0 radical (unpaired) electrons. The lowest BCUT2D eigenvalue weighted by molar-refractivity contribution is 0.179. The van der Waals surface area contributed by atoms with Crippen molar-refractivity contribution in [2.45, 2.75) is 19.6 Å². The zero-order chi connectivity index (χ0) is 11.5. The van der Waals surface area contributed by atoms with Crippen LogP contribution < -0.4 is 5.32 Å². The first-order valence-electron chi connectivity index (χ1n) is 5.68. The fourth-order valence-electron chi connectivity index (χ4n) is 2.11. The molecule has 1 aromatic carbocycles. The molecule has 0 saturated carbocycles. The van der Waals surface area contributed by atoms with Crippen LogP contribution in [-0.2, 0) is 6.54 Å². The number of para-hydroxylation sites is 1. The van der Waals surface area contributed by atoms with Crippen molar-refractivity contribution in [3.63, 3.8) is 0 Å². The Morgan fingerprint density at radius 2 is 2.12 bits per heavy atom. The monoisotopic (exact) mass is 218 g/mol. The van der Waals surface area contributed by atoms with Crippen molar-refractivity contribution in [3.8, 4) is 0 Å². The van der Waals surface area contributed by atoms with Gasteiger partial charge >= 0.3 is 0 Å². The maximum atomic E-state index is 10.1. The van der Waals surface area contributed by atoms with Crippen LogP contribution in [0.25, 0.3) is 10.9 Å². The number of likely N-dealkylation sites (N-methyl/N-ethyl adjacent to an activating group) is 1. The number of nitrogens with one attached hydrogen (secondary N) is 1. The predicted octanol–water partition coefficient (Wildman–Crippen LogP) is 1.91. The van der Waals surface area contributed by atoms with E-state index in [0.29, 0.717) is 6.54 Å². The summed E-state index contributed by atoms with van der Waals surface area (Å²) >= 11 is 0. The van der Waals surface area contributed by atoms with Gasteiger partial charge < -0.3 is 15.0 Å². The fraction of sp³-hybridized carbons (Fsp3) is 0.385. The molecule has 0 saturated heterocycles. The molecule has 16 heavy (non-hydrogen) atoms. The number of hydrogen-bond donors (Lipinski definition) is 2. The van der Waals surface area contributed by atoms with Crippen molar-refractivity contribution >= 4 is 10.9 Å². The fourth-order valence-corrected chi connectivity index (χ4v) is 2.11. The third-order valence-electron chi connectivity index (χ3n) is 2.92. The normalized spacial score (nSPS) is 13.2. The largest absolute Gasteiger partial charge is 0.387 e. The third-order valence-corrected chi connectivity index (χ3v) is 2.92. The second-order valence-corrected chi connectivity index (χ2v) is 3.96. The van der Waals surface area contributed by atoms with E-state index >= 15 is 0 Å². The standard InChI is InChI=1S/C13H18N2O/c1-3-15-9-11(13(16)8-14-2)10-6-4-5-7-12(10)15/h4-7,9,13-14,16H,3,8H2,1-2H3. The Bertz CT molecular complexity index is 476. The molecule has 1 unspecified atom stereocenters. The van der Waals surface area contributed by atoms with Gasteiger partial charge in [-0.05, 0) is 20.0 Å². The van der Waals surface area contributed by atoms with Crippen molar-refractivity contribution in [2.75, 3.05) is 13.6 Å². The SMILES string of the molecule is CCn1cc(C(O)CNC)c2ccccc21. The number of aliphatic hydroxyl groups excluding tert-OH is 1. The second-order valence-electron chi connectivity index (χ2n) is 3.96. The van der Waals surface area contributed by atoms with Gasteiger partial charge in [-0.1, -0.05) is 18.2 Å². The van der Waals surface area contributed by atoms with Gasteiger partial charge in [-0.3, -0.25) is 0 Å². The highest BCUT2D eigenvalue weighted by Gasteiger charge is 2.13. The summed E-state index contributed by atoms with van der Waals surface area (Å²) in [7, 11) is 1.85. The number of hydrogen-bond acceptors (Lipinski definition) is 2. The molecule has 1 atom stereocenters. The number of benzene rings is 1. The quantitative estimate of drug-likeness (QED) is 0.822. The number of nitrogens with zero attached hydrogens (tertiary/aromatic N) is 1. The lowest BCUT2D eigenvalue weighted by atomic mass is 10.1. The van der Waals surface area contributed by atoms with Crippen molar-refractivity contribution in [1.29, 1.82) is 0 Å². The van der Waals surface area contributed by atoms with Crippen LogP contribution in [0.4, 0.5) is 0 Å². The molecule has 0 aliphatic heterocycles. The number of aryl methyl sites for hydroxylation is 1. The molecular formula is C13H18N2O. The summed E-state index contributed by atoms with van der Waals surface area (Å²) in [5, 5.41) is 14.2. The van der Waals surface area contributed by atoms with Gasteiger partial charge in [0, 0.05) is 35.8 Å². The molecule has 0 aliphatic carbocycles. The van der Waals surface area contributed by atoms with E-state index in [9.17, 15) is 5.11 Å². The van der Waals surface area contributed by atoms with Crippen LogP contribution in [0.2, 0.25) is 0 Å². The van der Waals surface area contributed by atoms with E-state index in [2.05, 4.69) is 28.9 Å². The number of rotatable bonds is 4. The Labute approximate surface area is 95.7 Å². The van der Waals surface area contributed by atoms with Crippen molar-refractivity contribution in [3.05, 3.63) is 36.0 Å². The Balaban J connectivity index is 2.52. The molecule has 3 nitrogen and oxygen atoms in total. The minimum Gasteiger partial charge on any atom is -0.387 e. The number of fused-ring (bicyclic) bond motifs is 1. The number of aliphatic hydroxyl groups is 1. The minimum atomic E-state index is -0.442. The maximum Gasteiger partial charge on any atom is 0.0934 e. The van der Waals surface area contributed by atoms with Gasteiger partial charge in [-0.15, -0.1) is 0 Å². The second kappa shape index (κ2) is 4.68. The van der Waals surface area contributed by atoms with Gasteiger partial charge in [0.25, 0.3) is 0 Å². The molecule has 2 N–H and O–H groups in total. The Kier molecular flexibility index (Phi) is 3.27. The van der Waals surface area contributed by atoms with E-state index in [0.717, 1.165) is 17.5 Å². The highest BCUT2D eigenvalue weighted by molar-refractivity contribution is 5.84. The van der Waals surface area contributed by atoms with Crippen LogP contribution in [-0.4, -0.2) is 23.3 Å². The lowest BCUT2D eigenvalue weighted by Gasteiger charge is -2.08. The van der Waals surface area contributed by atoms with E-state index in [1.165, 1.54) is 5.52 Å². The van der Waals surface area contributed by atoms with Gasteiger partial charge in [-0.25, -0.2) is 0 Å². The zero-order valence-electron chi connectivity index (χ0n) is 9.77. The van der Waals surface area contributed by atoms with Crippen molar-refractivity contribution < 1.29 is 5.11 Å². The van der Waals surface area contributed by atoms with Crippen molar-refractivity contribution in [1.82, 2.24) is 9.88 Å². The van der Waals surface area contributed by atoms with Gasteiger partial charge in [0.1, 0.15) is 0 Å². The molecule has 86 valence electrons. The van der Waals surface area contributed by atoms with E-state index < -0.39 is 6.10 Å². The van der Waals surface area contributed by atoms with E-state index in [4.69, 9.17) is 0 Å². The molecule has 3 heteroatoms. The van der Waals surface area contributed by atoms with Gasteiger partial charge in [0.15, 0.2) is 0 Å². The molecular weight excluding hydrogens is 200 g/mol. The zero-order valence-corrected chi connectivity index (χ0v) is 9.77. The summed E-state index contributed by atoms with van der Waals surface area (Å²) in [6.45, 7) is 3.62. The van der Waals surface area contributed by atoms with E-state index in [1.807, 2.05) is 25.4 Å². The molecule has 2 aromatic rings. The summed E-state index contributed by atoms with van der Waals surface area (Å²) in [5.74, 6) is 0. The lowest BCUT2D eigenvalue weighted by Crippen LogP contribution is -2.16. The minimum absolute atomic E-state index is 0.442. The summed E-state index contributed by atoms with van der Waals surface area (Å²) in [6.07, 6.45) is 1.61.